The highest BCUT2D eigenvalue weighted by atomic mass is 79.9. The lowest BCUT2D eigenvalue weighted by molar-refractivity contribution is 0.0215. The third kappa shape index (κ3) is 3.24. The molecule has 0 amide bonds. The number of alkyl halides is 2. The van der Waals surface area contributed by atoms with Gasteiger partial charge in [-0.2, -0.15) is 13.9 Å². The van der Waals surface area contributed by atoms with Crippen molar-refractivity contribution in [3.8, 4) is 0 Å². The van der Waals surface area contributed by atoms with Crippen LogP contribution >= 0.6 is 15.9 Å². The van der Waals surface area contributed by atoms with Crippen LogP contribution in [0.4, 0.5) is 8.78 Å². The van der Waals surface area contributed by atoms with E-state index in [9.17, 15) is 8.78 Å². The first-order valence-corrected chi connectivity index (χ1v) is 5.47. The standard InChI is InChI=1S/C9H13BrF2N2O/c1-3-6(2)15-5-8-7(10)4-13-14(8)9(11)12/h4,6,9H,3,5H2,1-2H3. The molecule has 86 valence electrons. The van der Waals surface area contributed by atoms with Crippen LogP contribution in [0.1, 0.15) is 32.5 Å². The SMILES string of the molecule is CCC(C)OCc1c(Br)cnn1C(F)F. The quantitative estimate of drug-likeness (QED) is 0.828. The van der Waals surface area contributed by atoms with Gasteiger partial charge in [0.15, 0.2) is 0 Å². The number of rotatable bonds is 5. The Kier molecular flexibility index (Phi) is 4.66. The Morgan fingerprint density at radius 2 is 2.27 bits per heavy atom. The summed E-state index contributed by atoms with van der Waals surface area (Å²) in [5, 5.41) is 3.56. The molecule has 6 heteroatoms. The molecule has 0 saturated carbocycles. The van der Waals surface area contributed by atoms with Crippen LogP contribution < -0.4 is 0 Å². The summed E-state index contributed by atoms with van der Waals surface area (Å²) in [5.74, 6) is 0. The Morgan fingerprint density at radius 3 is 2.80 bits per heavy atom. The van der Waals surface area contributed by atoms with Gasteiger partial charge in [-0.05, 0) is 29.3 Å². The van der Waals surface area contributed by atoms with Crippen LogP contribution in [0.2, 0.25) is 0 Å². The van der Waals surface area contributed by atoms with Crippen molar-refractivity contribution in [1.29, 1.82) is 0 Å². The smallest absolute Gasteiger partial charge is 0.333 e. The van der Waals surface area contributed by atoms with E-state index in [1.807, 2.05) is 13.8 Å². The van der Waals surface area contributed by atoms with E-state index in [-0.39, 0.29) is 12.7 Å². The highest BCUT2D eigenvalue weighted by molar-refractivity contribution is 9.10. The third-order valence-corrected chi connectivity index (χ3v) is 2.77. The van der Waals surface area contributed by atoms with Crippen molar-refractivity contribution in [2.45, 2.75) is 39.5 Å². The topological polar surface area (TPSA) is 27.1 Å². The molecule has 15 heavy (non-hydrogen) atoms. The third-order valence-electron chi connectivity index (χ3n) is 2.11. The molecule has 0 bridgehead atoms. The van der Waals surface area contributed by atoms with Gasteiger partial charge in [-0.1, -0.05) is 6.92 Å². The number of halogens is 3. The van der Waals surface area contributed by atoms with Gasteiger partial charge in [0.1, 0.15) is 0 Å². The second-order valence-corrected chi connectivity index (χ2v) is 4.05. The van der Waals surface area contributed by atoms with Crippen LogP contribution in [0.3, 0.4) is 0 Å². The molecule has 1 rings (SSSR count). The van der Waals surface area contributed by atoms with E-state index in [2.05, 4.69) is 21.0 Å². The van der Waals surface area contributed by atoms with Crippen molar-refractivity contribution in [3.63, 3.8) is 0 Å². The number of hydrogen-bond donors (Lipinski definition) is 0. The van der Waals surface area contributed by atoms with E-state index in [0.717, 1.165) is 6.42 Å². The molecule has 1 heterocycles. The minimum Gasteiger partial charge on any atom is -0.372 e. The van der Waals surface area contributed by atoms with Gasteiger partial charge in [-0.3, -0.25) is 0 Å². The van der Waals surface area contributed by atoms with Gasteiger partial charge in [-0.25, -0.2) is 4.68 Å². The van der Waals surface area contributed by atoms with Gasteiger partial charge >= 0.3 is 6.55 Å². The van der Waals surface area contributed by atoms with Crippen LogP contribution in [0.5, 0.6) is 0 Å². The van der Waals surface area contributed by atoms with Crippen LogP contribution in [0.15, 0.2) is 10.7 Å². The molecule has 0 aliphatic carbocycles. The Balaban J connectivity index is 2.70. The lowest BCUT2D eigenvalue weighted by atomic mass is 10.3. The molecule has 0 spiro atoms. The predicted octanol–water partition coefficient (Wildman–Crippen LogP) is 3.36. The second-order valence-electron chi connectivity index (χ2n) is 3.19. The molecule has 0 aromatic carbocycles. The first-order chi connectivity index (χ1) is 7.06. The van der Waals surface area contributed by atoms with E-state index in [0.29, 0.717) is 14.8 Å². The molecular weight excluding hydrogens is 270 g/mol. The molecule has 1 aromatic heterocycles. The summed E-state index contributed by atoms with van der Waals surface area (Å²) in [7, 11) is 0. The first kappa shape index (κ1) is 12.6. The molecule has 0 aliphatic heterocycles. The van der Waals surface area contributed by atoms with E-state index >= 15 is 0 Å². The zero-order chi connectivity index (χ0) is 11.4. The molecule has 0 radical (unpaired) electrons. The van der Waals surface area contributed by atoms with Crippen molar-refractivity contribution >= 4 is 15.9 Å². The summed E-state index contributed by atoms with van der Waals surface area (Å²) in [6, 6.07) is 0. The largest absolute Gasteiger partial charge is 0.372 e. The fraction of sp³-hybridized carbons (Fsp3) is 0.667. The molecule has 3 nitrogen and oxygen atoms in total. The lowest BCUT2D eigenvalue weighted by Gasteiger charge is -2.12. The molecule has 0 saturated heterocycles. The minimum absolute atomic E-state index is 0.0536. The molecule has 1 atom stereocenters. The van der Waals surface area contributed by atoms with E-state index in [1.54, 1.807) is 0 Å². The molecule has 0 fully saturated rings. The minimum atomic E-state index is -2.63. The maximum atomic E-state index is 12.5. The summed E-state index contributed by atoms with van der Waals surface area (Å²) in [6.07, 6.45) is 2.25. The summed E-state index contributed by atoms with van der Waals surface area (Å²) in [6.45, 7) is 1.38. The number of ether oxygens (including phenoxy) is 1. The van der Waals surface area contributed by atoms with Crippen molar-refractivity contribution in [2.75, 3.05) is 0 Å². The average molecular weight is 283 g/mol. The Bertz CT molecular complexity index is 317. The summed E-state index contributed by atoms with van der Waals surface area (Å²) >= 11 is 3.16. The van der Waals surface area contributed by atoms with Crippen LogP contribution in [-0.4, -0.2) is 15.9 Å². The molecule has 1 aromatic rings. The van der Waals surface area contributed by atoms with Crippen molar-refractivity contribution in [1.82, 2.24) is 9.78 Å². The number of nitrogens with zero attached hydrogens (tertiary/aromatic N) is 2. The van der Waals surface area contributed by atoms with E-state index < -0.39 is 6.55 Å². The van der Waals surface area contributed by atoms with Crippen molar-refractivity contribution < 1.29 is 13.5 Å². The maximum absolute atomic E-state index is 12.5. The van der Waals surface area contributed by atoms with E-state index in [4.69, 9.17) is 4.74 Å². The van der Waals surface area contributed by atoms with Crippen LogP contribution in [0.25, 0.3) is 0 Å². The lowest BCUT2D eigenvalue weighted by Crippen LogP contribution is -2.11. The molecule has 1 unspecified atom stereocenters. The average Bonchev–Trinajstić information content (AvgIpc) is 2.56. The van der Waals surface area contributed by atoms with Gasteiger partial charge < -0.3 is 4.74 Å². The van der Waals surface area contributed by atoms with Gasteiger partial charge in [0.25, 0.3) is 0 Å². The monoisotopic (exact) mass is 282 g/mol. The first-order valence-electron chi connectivity index (χ1n) is 4.67. The maximum Gasteiger partial charge on any atom is 0.333 e. The Hall–Kier alpha value is -0.490. The van der Waals surface area contributed by atoms with Gasteiger partial charge in [0.05, 0.1) is 29.1 Å². The number of hydrogen-bond acceptors (Lipinski definition) is 2. The van der Waals surface area contributed by atoms with Crippen LogP contribution in [-0.2, 0) is 11.3 Å². The Morgan fingerprint density at radius 1 is 1.60 bits per heavy atom. The van der Waals surface area contributed by atoms with E-state index in [1.165, 1.54) is 6.20 Å². The van der Waals surface area contributed by atoms with Gasteiger partial charge in [-0.15, -0.1) is 0 Å². The fourth-order valence-electron chi connectivity index (χ4n) is 1.01. The van der Waals surface area contributed by atoms with Crippen molar-refractivity contribution in [2.24, 2.45) is 0 Å². The zero-order valence-corrected chi connectivity index (χ0v) is 10.2. The molecular formula is C9H13BrF2N2O. The normalized spacial score (nSPS) is 13.5. The fourth-order valence-corrected chi connectivity index (χ4v) is 1.40. The van der Waals surface area contributed by atoms with Crippen molar-refractivity contribution in [3.05, 3.63) is 16.4 Å². The number of aromatic nitrogens is 2. The summed E-state index contributed by atoms with van der Waals surface area (Å²) < 4.78 is 31.5. The zero-order valence-electron chi connectivity index (χ0n) is 8.58. The summed E-state index contributed by atoms with van der Waals surface area (Å²) in [4.78, 5) is 0. The highest BCUT2D eigenvalue weighted by Gasteiger charge is 2.16. The Labute approximate surface area is 95.5 Å². The highest BCUT2D eigenvalue weighted by Crippen LogP contribution is 2.22. The van der Waals surface area contributed by atoms with Gasteiger partial charge in [0, 0.05) is 0 Å². The molecule has 0 aliphatic rings. The predicted molar refractivity (Wildman–Crippen MR) is 55.7 cm³/mol. The van der Waals surface area contributed by atoms with Gasteiger partial charge in [0.2, 0.25) is 0 Å². The van der Waals surface area contributed by atoms with Crippen LogP contribution in [0, 0.1) is 0 Å². The second kappa shape index (κ2) is 5.55. The summed E-state index contributed by atoms with van der Waals surface area (Å²) in [5.41, 5.74) is 0.366. The molecule has 0 N–H and O–H groups in total.